The van der Waals surface area contributed by atoms with Gasteiger partial charge in [-0.1, -0.05) is 26.2 Å². The van der Waals surface area contributed by atoms with Crippen LogP contribution in [0.5, 0.6) is 0 Å². The molecule has 1 unspecified atom stereocenters. The summed E-state index contributed by atoms with van der Waals surface area (Å²) in [5.74, 6) is 0.350. The van der Waals surface area contributed by atoms with E-state index < -0.39 is 7.82 Å². The highest BCUT2D eigenvalue weighted by Crippen LogP contribution is 2.44. The van der Waals surface area contributed by atoms with Crippen molar-refractivity contribution >= 4 is 13.6 Å². The van der Waals surface area contributed by atoms with Crippen molar-refractivity contribution in [3.8, 4) is 0 Å². The summed E-state index contributed by atoms with van der Waals surface area (Å²) in [5, 5.41) is 0. The average molecular weight is 308 g/mol. The van der Waals surface area contributed by atoms with Crippen molar-refractivity contribution in [3.63, 3.8) is 0 Å². The van der Waals surface area contributed by atoms with Crippen molar-refractivity contribution in [1.29, 1.82) is 0 Å². The van der Waals surface area contributed by atoms with Crippen molar-refractivity contribution in [2.75, 3.05) is 6.61 Å². The fourth-order valence-electron chi connectivity index (χ4n) is 1.84. The van der Waals surface area contributed by atoms with E-state index >= 15 is 0 Å². The van der Waals surface area contributed by atoms with Crippen molar-refractivity contribution < 1.29 is 23.3 Å². The molecular weight excluding hydrogens is 279 g/mol. The standard InChI is InChI=1S/C14H29O5P/c1-4-10-14(15)11-8-6-5-7-9-12-18-20(16,17)19-13(2)3/h13H,4-12H2,1-3H3,(H,16,17). The SMILES string of the molecule is CCCC(=O)CCCCCCCOP(=O)(O)OC(C)C. The molecule has 20 heavy (non-hydrogen) atoms. The highest BCUT2D eigenvalue weighted by Gasteiger charge is 2.21. The molecule has 0 saturated carbocycles. The van der Waals surface area contributed by atoms with Crippen molar-refractivity contribution in [3.05, 3.63) is 0 Å². The van der Waals surface area contributed by atoms with Crippen LogP contribution in [-0.4, -0.2) is 23.4 Å². The quantitative estimate of drug-likeness (QED) is 0.407. The van der Waals surface area contributed by atoms with Crippen LogP contribution < -0.4 is 0 Å². The average Bonchev–Trinajstić information content (AvgIpc) is 2.31. The van der Waals surface area contributed by atoms with Crippen LogP contribution in [-0.2, 0) is 18.4 Å². The molecule has 0 bridgehead atoms. The third-order valence-electron chi connectivity index (χ3n) is 2.73. The lowest BCUT2D eigenvalue weighted by molar-refractivity contribution is -0.119. The molecule has 0 aromatic carbocycles. The van der Waals surface area contributed by atoms with Gasteiger partial charge >= 0.3 is 7.82 Å². The number of Topliss-reactive ketones (excluding diaryl/α,β-unsaturated/α-hetero) is 1. The summed E-state index contributed by atoms with van der Waals surface area (Å²) in [6, 6.07) is 0. The van der Waals surface area contributed by atoms with Gasteiger partial charge in [0.25, 0.3) is 0 Å². The Morgan fingerprint density at radius 3 is 2.30 bits per heavy atom. The topological polar surface area (TPSA) is 72.8 Å². The number of carbonyl (C=O) groups is 1. The minimum Gasteiger partial charge on any atom is -0.302 e. The van der Waals surface area contributed by atoms with E-state index in [2.05, 4.69) is 0 Å². The normalized spacial score (nSPS) is 14.4. The summed E-state index contributed by atoms with van der Waals surface area (Å²) in [5.41, 5.74) is 0. The zero-order valence-corrected chi connectivity index (χ0v) is 13.9. The smallest absolute Gasteiger partial charge is 0.302 e. The molecule has 1 N–H and O–H groups in total. The van der Waals surface area contributed by atoms with Gasteiger partial charge in [0.2, 0.25) is 0 Å². The molecular formula is C14H29O5P. The molecule has 120 valence electrons. The Morgan fingerprint density at radius 2 is 1.70 bits per heavy atom. The van der Waals surface area contributed by atoms with E-state index in [9.17, 15) is 14.3 Å². The van der Waals surface area contributed by atoms with Gasteiger partial charge in [-0.05, 0) is 33.1 Å². The van der Waals surface area contributed by atoms with E-state index in [4.69, 9.17) is 9.05 Å². The molecule has 0 aliphatic carbocycles. The minimum atomic E-state index is -3.88. The fourth-order valence-corrected chi connectivity index (χ4v) is 2.79. The molecule has 0 fully saturated rings. The number of hydrogen-bond donors (Lipinski definition) is 1. The molecule has 0 aliphatic rings. The van der Waals surface area contributed by atoms with Gasteiger partial charge in [-0.2, -0.15) is 0 Å². The Balaban J connectivity index is 3.41. The lowest BCUT2D eigenvalue weighted by Crippen LogP contribution is -2.03. The number of carbonyl (C=O) groups excluding carboxylic acids is 1. The van der Waals surface area contributed by atoms with Gasteiger partial charge < -0.3 is 4.89 Å². The number of rotatable bonds is 13. The van der Waals surface area contributed by atoms with Crippen LogP contribution in [0.15, 0.2) is 0 Å². The van der Waals surface area contributed by atoms with Crippen LogP contribution in [0.4, 0.5) is 0 Å². The second-order valence-electron chi connectivity index (χ2n) is 5.26. The summed E-state index contributed by atoms with van der Waals surface area (Å²) in [4.78, 5) is 20.6. The fraction of sp³-hybridized carbons (Fsp3) is 0.929. The van der Waals surface area contributed by atoms with E-state index in [1.165, 1.54) is 0 Å². The first-order chi connectivity index (χ1) is 9.37. The van der Waals surface area contributed by atoms with Gasteiger partial charge in [0.15, 0.2) is 0 Å². The first-order valence-electron chi connectivity index (χ1n) is 7.55. The molecule has 0 aromatic heterocycles. The van der Waals surface area contributed by atoms with E-state index in [-0.39, 0.29) is 12.7 Å². The molecule has 0 saturated heterocycles. The largest absolute Gasteiger partial charge is 0.472 e. The highest BCUT2D eigenvalue weighted by atomic mass is 31.2. The van der Waals surface area contributed by atoms with Crippen molar-refractivity contribution in [1.82, 2.24) is 0 Å². The predicted molar refractivity (Wildman–Crippen MR) is 79.6 cm³/mol. The Hall–Kier alpha value is -0.220. The Bertz CT molecular complexity index is 304. The van der Waals surface area contributed by atoms with Crippen LogP contribution in [0.3, 0.4) is 0 Å². The molecule has 1 atom stereocenters. The maximum atomic E-state index is 11.4. The van der Waals surface area contributed by atoms with Gasteiger partial charge in [0, 0.05) is 12.8 Å². The summed E-state index contributed by atoms with van der Waals surface area (Å²) in [6.45, 7) is 5.62. The zero-order valence-electron chi connectivity index (χ0n) is 13.0. The number of ketones is 1. The number of phosphoric acid groups is 1. The maximum absolute atomic E-state index is 11.4. The minimum absolute atomic E-state index is 0.231. The first kappa shape index (κ1) is 19.8. The van der Waals surface area contributed by atoms with E-state index in [1.54, 1.807) is 13.8 Å². The number of phosphoric ester groups is 1. The van der Waals surface area contributed by atoms with Gasteiger partial charge in [0.1, 0.15) is 5.78 Å². The van der Waals surface area contributed by atoms with E-state index in [0.29, 0.717) is 18.6 Å². The molecule has 0 heterocycles. The van der Waals surface area contributed by atoms with Crippen LogP contribution >= 0.6 is 7.82 Å². The molecule has 0 aliphatic heterocycles. The second kappa shape index (κ2) is 11.4. The van der Waals surface area contributed by atoms with Gasteiger partial charge in [-0.25, -0.2) is 4.57 Å². The lowest BCUT2D eigenvalue weighted by Gasteiger charge is -2.14. The summed E-state index contributed by atoms with van der Waals surface area (Å²) in [6.07, 6.45) is 6.61. The lowest BCUT2D eigenvalue weighted by atomic mass is 10.1. The number of unbranched alkanes of at least 4 members (excludes halogenated alkanes) is 4. The summed E-state index contributed by atoms with van der Waals surface area (Å²) < 4.78 is 21.0. The third kappa shape index (κ3) is 12.8. The molecule has 0 spiro atoms. The van der Waals surface area contributed by atoms with E-state index in [1.807, 2.05) is 6.92 Å². The Labute approximate surface area is 122 Å². The van der Waals surface area contributed by atoms with Gasteiger partial charge in [-0.3, -0.25) is 13.8 Å². The van der Waals surface area contributed by atoms with Crippen LogP contribution in [0.25, 0.3) is 0 Å². The summed E-state index contributed by atoms with van der Waals surface area (Å²) in [7, 11) is -3.88. The Morgan fingerprint density at radius 1 is 1.10 bits per heavy atom. The highest BCUT2D eigenvalue weighted by molar-refractivity contribution is 7.47. The maximum Gasteiger partial charge on any atom is 0.472 e. The van der Waals surface area contributed by atoms with Crippen LogP contribution in [0, 0.1) is 0 Å². The zero-order chi connectivity index (χ0) is 15.4. The number of hydrogen-bond acceptors (Lipinski definition) is 4. The molecule has 0 amide bonds. The molecule has 0 radical (unpaired) electrons. The van der Waals surface area contributed by atoms with Crippen molar-refractivity contribution in [2.45, 2.75) is 78.2 Å². The molecule has 5 nitrogen and oxygen atoms in total. The van der Waals surface area contributed by atoms with Gasteiger partial charge in [-0.15, -0.1) is 0 Å². The second-order valence-corrected chi connectivity index (χ2v) is 6.67. The molecule has 6 heteroatoms. The van der Waals surface area contributed by atoms with Gasteiger partial charge in [0.05, 0.1) is 12.7 Å². The van der Waals surface area contributed by atoms with Crippen molar-refractivity contribution in [2.24, 2.45) is 0 Å². The molecule has 0 rings (SSSR count). The monoisotopic (exact) mass is 308 g/mol. The van der Waals surface area contributed by atoms with Crippen LogP contribution in [0.2, 0.25) is 0 Å². The Kier molecular flexibility index (Phi) is 11.3. The van der Waals surface area contributed by atoms with Crippen LogP contribution in [0.1, 0.15) is 72.1 Å². The predicted octanol–water partition coefficient (Wildman–Crippen LogP) is 4.24. The van der Waals surface area contributed by atoms with E-state index in [0.717, 1.165) is 38.5 Å². The first-order valence-corrected chi connectivity index (χ1v) is 9.04. The third-order valence-corrected chi connectivity index (χ3v) is 3.92. The molecule has 0 aromatic rings. The summed E-state index contributed by atoms with van der Waals surface area (Å²) >= 11 is 0.